The highest BCUT2D eigenvalue weighted by atomic mass is 16.6. The average molecular weight is 279 g/mol. The highest BCUT2D eigenvalue weighted by molar-refractivity contribution is 5.47. The van der Waals surface area contributed by atoms with Gasteiger partial charge in [0.1, 0.15) is 6.10 Å². The van der Waals surface area contributed by atoms with E-state index in [1.54, 1.807) is 0 Å². The van der Waals surface area contributed by atoms with Crippen molar-refractivity contribution in [2.24, 2.45) is 5.73 Å². The Morgan fingerprint density at radius 1 is 1.45 bits per heavy atom. The molecule has 0 aromatic heterocycles. The zero-order valence-electron chi connectivity index (χ0n) is 12.4. The van der Waals surface area contributed by atoms with Crippen LogP contribution in [0.5, 0.6) is 11.5 Å². The molecule has 2 unspecified atom stereocenters. The molecule has 2 rings (SSSR count). The Morgan fingerprint density at radius 3 is 2.95 bits per heavy atom. The van der Waals surface area contributed by atoms with Crippen LogP contribution in [0.2, 0.25) is 0 Å². The summed E-state index contributed by atoms with van der Waals surface area (Å²) in [6.07, 6.45) is 2.96. The van der Waals surface area contributed by atoms with E-state index in [-0.39, 0.29) is 12.1 Å². The summed E-state index contributed by atoms with van der Waals surface area (Å²) in [5.74, 6) is 1.64. The van der Waals surface area contributed by atoms with Gasteiger partial charge in [-0.3, -0.25) is 0 Å². The van der Waals surface area contributed by atoms with Crippen molar-refractivity contribution in [1.82, 2.24) is 0 Å². The molecule has 4 heteroatoms. The minimum Gasteiger partial charge on any atom is -0.490 e. The monoisotopic (exact) mass is 279 g/mol. The molecule has 2 atom stereocenters. The summed E-state index contributed by atoms with van der Waals surface area (Å²) in [7, 11) is 0. The Hall–Kier alpha value is -1.26. The number of rotatable bonds is 6. The van der Waals surface area contributed by atoms with Gasteiger partial charge in [-0.2, -0.15) is 0 Å². The van der Waals surface area contributed by atoms with E-state index >= 15 is 0 Å². The number of benzene rings is 1. The lowest BCUT2D eigenvalue weighted by Gasteiger charge is -2.26. The molecule has 1 fully saturated rings. The van der Waals surface area contributed by atoms with E-state index < -0.39 is 0 Å². The summed E-state index contributed by atoms with van der Waals surface area (Å²) in [6, 6.07) is 6.10. The smallest absolute Gasteiger partial charge is 0.164 e. The van der Waals surface area contributed by atoms with Crippen LogP contribution in [0.15, 0.2) is 18.2 Å². The molecule has 1 heterocycles. The van der Waals surface area contributed by atoms with E-state index in [0.29, 0.717) is 13.2 Å². The molecular formula is C16H25NO3. The van der Waals surface area contributed by atoms with E-state index in [2.05, 4.69) is 6.07 Å². The van der Waals surface area contributed by atoms with Gasteiger partial charge in [0.25, 0.3) is 0 Å². The van der Waals surface area contributed by atoms with Gasteiger partial charge in [0, 0.05) is 12.6 Å². The summed E-state index contributed by atoms with van der Waals surface area (Å²) in [5.41, 5.74) is 7.04. The maximum absolute atomic E-state index is 6.17. The summed E-state index contributed by atoms with van der Waals surface area (Å²) in [6.45, 7) is 6.09. The summed E-state index contributed by atoms with van der Waals surface area (Å²) < 4.78 is 17.3. The van der Waals surface area contributed by atoms with Crippen LogP contribution >= 0.6 is 0 Å². The summed E-state index contributed by atoms with van der Waals surface area (Å²) >= 11 is 0. The largest absolute Gasteiger partial charge is 0.490 e. The lowest BCUT2D eigenvalue weighted by atomic mass is 10.1. The van der Waals surface area contributed by atoms with Gasteiger partial charge in [0.2, 0.25) is 0 Å². The van der Waals surface area contributed by atoms with Crippen molar-refractivity contribution in [3.63, 3.8) is 0 Å². The second-order valence-corrected chi connectivity index (χ2v) is 5.32. The number of hydrogen-bond donors (Lipinski definition) is 1. The van der Waals surface area contributed by atoms with Gasteiger partial charge in [-0.1, -0.05) is 12.1 Å². The van der Waals surface area contributed by atoms with Crippen LogP contribution in [0.25, 0.3) is 0 Å². The van der Waals surface area contributed by atoms with Crippen LogP contribution in [-0.4, -0.2) is 32.0 Å². The third kappa shape index (κ3) is 4.12. The first kappa shape index (κ1) is 15.1. The first-order chi connectivity index (χ1) is 9.70. The Balaban J connectivity index is 2.20. The van der Waals surface area contributed by atoms with Crippen LogP contribution in [0.3, 0.4) is 0 Å². The van der Waals surface area contributed by atoms with Gasteiger partial charge in [0.15, 0.2) is 11.5 Å². The van der Waals surface area contributed by atoms with Crippen molar-refractivity contribution >= 4 is 0 Å². The molecule has 1 saturated heterocycles. The van der Waals surface area contributed by atoms with Crippen LogP contribution in [0, 0.1) is 0 Å². The fraction of sp³-hybridized carbons (Fsp3) is 0.625. The normalized spacial score (nSPS) is 20.4. The standard InChI is InChI=1S/C16H25NO3/c1-3-19-15-8-4-6-13(10-12(2)17)16(15)20-14-7-5-9-18-11-14/h4,6,8,12,14H,3,5,7,9-11,17H2,1-2H3. The molecule has 20 heavy (non-hydrogen) atoms. The molecule has 4 nitrogen and oxygen atoms in total. The third-order valence-corrected chi connectivity index (χ3v) is 3.31. The number of nitrogens with two attached hydrogens (primary N) is 1. The van der Waals surface area contributed by atoms with E-state index in [9.17, 15) is 0 Å². The molecule has 112 valence electrons. The third-order valence-electron chi connectivity index (χ3n) is 3.31. The van der Waals surface area contributed by atoms with Gasteiger partial charge in [-0.25, -0.2) is 0 Å². The van der Waals surface area contributed by atoms with Crippen LogP contribution in [0.1, 0.15) is 32.3 Å². The zero-order chi connectivity index (χ0) is 14.4. The van der Waals surface area contributed by atoms with E-state index in [0.717, 1.165) is 42.9 Å². The van der Waals surface area contributed by atoms with Crippen molar-refractivity contribution in [2.45, 2.75) is 45.3 Å². The van der Waals surface area contributed by atoms with Crippen LogP contribution < -0.4 is 15.2 Å². The fourth-order valence-corrected chi connectivity index (χ4v) is 2.44. The molecule has 0 aliphatic carbocycles. The molecule has 1 aromatic carbocycles. The average Bonchev–Trinajstić information content (AvgIpc) is 2.43. The number of para-hydroxylation sites is 1. The van der Waals surface area contributed by atoms with Gasteiger partial charge in [0.05, 0.1) is 13.2 Å². The van der Waals surface area contributed by atoms with Gasteiger partial charge in [-0.15, -0.1) is 0 Å². The van der Waals surface area contributed by atoms with Gasteiger partial charge < -0.3 is 19.9 Å². The molecule has 0 spiro atoms. The zero-order valence-corrected chi connectivity index (χ0v) is 12.4. The highest BCUT2D eigenvalue weighted by Gasteiger charge is 2.20. The van der Waals surface area contributed by atoms with Crippen molar-refractivity contribution in [2.75, 3.05) is 19.8 Å². The fourth-order valence-electron chi connectivity index (χ4n) is 2.44. The quantitative estimate of drug-likeness (QED) is 0.869. The number of ether oxygens (including phenoxy) is 3. The lowest BCUT2D eigenvalue weighted by Crippen LogP contribution is -2.29. The predicted octanol–water partition coefficient (Wildman–Crippen LogP) is 2.53. The first-order valence-corrected chi connectivity index (χ1v) is 7.45. The Morgan fingerprint density at radius 2 is 2.30 bits per heavy atom. The van der Waals surface area contributed by atoms with Crippen LogP contribution in [0.4, 0.5) is 0 Å². The van der Waals surface area contributed by atoms with E-state index in [1.165, 1.54) is 0 Å². The van der Waals surface area contributed by atoms with Crippen LogP contribution in [-0.2, 0) is 11.2 Å². The molecule has 1 aliphatic heterocycles. The Labute approximate surface area is 121 Å². The van der Waals surface area contributed by atoms with Gasteiger partial charge >= 0.3 is 0 Å². The SMILES string of the molecule is CCOc1cccc(CC(C)N)c1OC1CCCOC1. The van der Waals surface area contributed by atoms with Crippen molar-refractivity contribution in [1.29, 1.82) is 0 Å². The molecule has 0 radical (unpaired) electrons. The second-order valence-electron chi connectivity index (χ2n) is 5.32. The topological polar surface area (TPSA) is 53.7 Å². The van der Waals surface area contributed by atoms with Crippen molar-refractivity contribution in [3.05, 3.63) is 23.8 Å². The first-order valence-electron chi connectivity index (χ1n) is 7.45. The molecule has 2 N–H and O–H groups in total. The lowest BCUT2D eigenvalue weighted by molar-refractivity contribution is 0.00582. The maximum atomic E-state index is 6.17. The molecule has 0 bridgehead atoms. The molecule has 0 amide bonds. The van der Waals surface area contributed by atoms with Crippen molar-refractivity contribution < 1.29 is 14.2 Å². The van der Waals surface area contributed by atoms with E-state index in [1.807, 2.05) is 26.0 Å². The molecular weight excluding hydrogens is 254 g/mol. The Kier molecular flexibility index (Phi) is 5.68. The highest BCUT2D eigenvalue weighted by Crippen LogP contribution is 2.34. The van der Waals surface area contributed by atoms with Crippen molar-refractivity contribution in [3.8, 4) is 11.5 Å². The maximum Gasteiger partial charge on any atom is 0.164 e. The predicted molar refractivity (Wildman–Crippen MR) is 79.4 cm³/mol. The molecule has 0 saturated carbocycles. The van der Waals surface area contributed by atoms with Gasteiger partial charge in [-0.05, 0) is 44.7 Å². The minimum atomic E-state index is 0.0943. The summed E-state index contributed by atoms with van der Waals surface area (Å²) in [4.78, 5) is 0. The minimum absolute atomic E-state index is 0.0943. The Bertz CT molecular complexity index is 414. The molecule has 1 aromatic rings. The second kappa shape index (κ2) is 7.50. The number of hydrogen-bond acceptors (Lipinski definition) is 4. The molecule has 1 aliphatic rings. The van der Waals surface area contributed by atoms with E-state index in [4.69, 9.17) is 19.9 Å². The summed E-state index contributed by atoms with van der Waals surface area (Å²) in [5, 5.41) is 0.